The van der Waals surface area contributed by atoms with Crippen molar-refractivity contribution in [3.05, 3.63) is 145 Å². The minimum absolute atomic E-state index is 0.0718. The van der Waals surface area contributed by atoms with E-state index in [0.29, 0.717) is 6.61 Å². The molecule has 0 radical (unpaired) electrons. The zero-order chi connectivity index (χ0) is 52.5. The average molecular weight is 1330 g/mol. The fourth-order valence-corrected chi connectivity index (χ4v) is 15.3. The van der Waals surface area contributed by atoms with Crippen LogP contribution in [0.5, 0.6) is 0 Å². The van der Waals surface area contributed by atoms with Crippen molar-refractivity contribution in [1.29, 1.82) is 0 Å². The molecule has 18 heteroatoms. The van der Waals surface area contributed by atoms with E-state index in [-0.39, 0.29) is 5.97 Å². The first-order valence-electron chi connectivity index (χ1n) is 24.2. The minimum Gasteiger partial charge on any atom is -0.480 e. The van der Waals surface area contributed by atoms with Gasteiger partial charge in [0.2, 0.25) is 0 Å². The molecule has 4 heterocycles. The molecule has 0 aliphatic heterocycles. The second kappa shape index (κ2) is 25.6. The second-order valence-corrected chi connectivity index (χ2v) is 26.5. The van der Waals surface area contributed by atoms with Crippen molar-refractivity contribution in [3.8, 4) is 0 Å². The van der Waals surface area contributed by atoms with E-state index in [1.807, 2.05) is 98.0 Å². The van der Waals surface area contributed by atoms with E-state index in [9.17, 15) is 24.6 Å². The first-order valence-corrected chi connectivity index (χ1v) is 30.2. The quantitative estimate of drug-likeness (QED) is 0.125. The molecule has 11 rings (SSSR count). The lowest BCUT2D eigenvalue weighted by molar-refractivity contribution is -0.146. The molecule has 384 valence electrons. The van der Waals surface area contributed by atoms with Crippen LogP contribution < -0.4 is 0 Å². The number of carbonyl (C=O) groups excluding carboxylic acids is 1. The number of pyridine rings is 4. The Bertz CT molecular complexity index is 3220. The van der Waals surface area contributed by atoms with Crippen LogP contribution in [0.15, 0.2) is 154 Å². The number of ether oxygens (including phenoxy) is 1. The van der Waals surface area contributed by atoms with E-state index in [0.717, 1.165) is 158 Å². The third-order valence-electron chi connectivity index (χ3n) is 13.2. The van der Waals surface area contributed by atoms with Gasteiger partial charge >= 0.3 is 17.9 Å². The highest BCUT2D eigenvalue weighted by atomic mass is 79.9. The van der Waals surface area contributed by atoms with Crippen molar-refractivity contribution in [2.75, 3.05) is 6.61 Å². The molecule has 0 spiro atoms. The van der Waals surface area contributed by atoms with Gasteiger partial charge < -0.3 is 14.9 Å². The molecule has 3 aliphatic rings. The van der Waals surface area contributed by atoms with Crippen LogP contribution in [0.3, 0.4) is 0 Å². The summed E-state index contributed by atoms with van der Waals surface area (Å²) >= 11 is 24.4. The van der Waals surface area contributed by atoms with Gasteiger partial charge in [-0.15, -0.1) is 35.3 Å². The number of carboxylic acids is 2. The van der Waals surface area contributed by atoms with E-state index in [4.69, 9.17) is 16.3 Å². The van der Waals surface area contributed by atoms with E-state index >= 15 is 0 Å². The molecule has 4 aromatic heterocycles. The van der Waals surface area contributed by atoms with Crippen molar-refractivity contribution >= 4 is 172 Å². The number of carbonyl (C=O) groups is 3. The molecule has 3 aliphatic carbocycles. The number of rotatable bonds is 10. The number of nitrogens with zero attached hydrogens (tertiary/aromatic N) is 4. The molecule has 0 amide bonds. The van der Waals surface area contributed by atoms with Crippen LogP contribution in [-0.4, -0.2) is 68.9 Å². The first-order chi connectivity index (χ1) is 35.6. The average Bonchev–Trinajstić information content (AvgIpc) is 4.20. The number of hydrogen-bond donors (Lipinski definition) is 2. The number of benzene rings is 4. The predicted octanol–water partition coefficient (Wildman–Crippen LogP) is 17.6. The molecular weight excluding hydrogens is 1280 g/mol. The van der Waals surface area contributed by atoms with Gasteiger partial charge in [0.25, 0.3) is 0 Å². The Kier molecular flexibility index (Phi) is 19.5. The van der Waals surface area contributed by atoms with Gasteiger partial charge in [0.05, 0.1) is 33.7 Å². The lowest BCUT2D eigenvalue weighted by Gasteiger charge is -2.26. The highest BCUT2D eigenvalue weighted by molar-refractivity contribution is 9.11. The summed E-state index contributed by atoms with van der Waals surface area (Å²) in [5, 5.41) is 24.0. The number of aromatic nitrogens is 4. The normalized spacial score (nSPS) is 16.1. The van der Waals surface area contributed by atoms with Gasteiger partial charge in [-0.25, -0.2) is 0 Å². The molecule has 4 aromatic carbocycles. The Morgan fingerprint density at radius 2 is 0.784 bits per heavy atom. The van der Waals surface area contributed by atoms with Gasteiger partial charge in [0, 0.05) is 78.9 Å². The maximum absolute atomic E-state index is 12.5. The number of esters is 1. The number of carboxylic acid groups (broad SMARTS) is 2. The van der Waals surface area contributed by atoms with Crippen LogP contribution in [0.1, 0.15) is 84.0 Å². The third-order valence-corrected chi connectivity index (χ3v) is 20.2. The molecule has 10 nitrogen and oxygen atoms in total. The Balaban J connectivity index is 0.000000134. The van der Waals surface area contributed by atoms with Crippen molar-refractivity contribution < 1.29 is 29.3 Å². The predicted molar refractivity (Wildman–Crippen MR) is 316 cm³/mol. The molecule has 3 fully saturated rings. The Morgan fingerprint density at radius 3 is 1.12 bits per heavy atom. The largest absolute Gasteiger partial charge is 0.480 e. The lowest BCUT2D eigenvalue weighted by atomic mass is 10.1. The van der Waals surface area contributed by atoms with Crippen molar-refractivity contribution in [2.24, 2.45) is 0 Å². The number of thioether (sulfide) groups is 3. The van der Waals surface area contributed by atoms with Gasteiger partial charge in [-0.3, -0.25) is 34.3 Å². The third kappa shape index (κ3) is 13.5. The SMILES string of the molecule is CCOC(=O)C1(Sc2ccnc3ccc(Br)cc23)CCCC1.Clc1ccnc2ccc(Br)cc12.O=C(O)C1(Sc2ccnc3ccc(Br)cc23)CCCC1.O=C(O)C1(Sc2ccnc3ccc(Br)cc23)CCCC1. The van der Waals surface area contributed by atoms with Crippen LogP contribution in [0.4, 0.5) is 0 Å². The summed E-state index contributed by atoms with van der Waals surface area (Å²) in [4.78, 5) is 56.3. The number of fused-ring (bicyclic) bond motifs is 4. The summed E-state index contributed by atoms with van der Waals surface area (Å²) < 4.78 is 7.58. The van der Waals surface area contributed by atoms with Gasteiger partial charge in [-0.1, -0.05) is 114 Å². The van der Waals surface area contributed by atoms with Crippen molar-refractivity contribution in [1.82, 2.24) is 19.9 Å². The molecule has 0 saturated heterocycles. The van der Waals surface area contributed by atoms with E-state index in [1.165, 1.54) is 23.5 Å². The first kappa shape index (κ1) is 56.4. The smallest absolute Gasteiger partial charge is 0.322 e. The molecule has 3 saturated carbocycles. The van der Waals surface area contributed by atoms with Crippen LogP contribution >= 0.6 is 111 Å². The molecular formula is C56H51Br4ClN4O6S3. The Hall–Kier alpha value is -3.81. The topological polar surface area (TPSA) is 152 Å². The van der Waals surface area contributed by atoms with Gasteiger partial charge in [0.1, 0.15) is 14.2 Å². The van der Waals surface area contributed by atoms with E-state index in [1.54, 1.807) is 36.4 Å². The standard InChI is InChI=1S/C17H18BrNO2S.2C15H14BrNO2S.C9H5BrClN/c1-2-21-16(20)17(8-3-4-9-17)22-15-7-10-19-14-6-5-12(18)11-13(14)15;2*16-10-3-4-12-11(9-10)13(5-8-17-12)20-15(14(18)19)6-1-2-7-15;10-6-1-2-9-7(5-6)8(11)3-4-12-9/h5-7,10-11H,2-4,8-9H2,1H3;2*3-5,8-9H,1-2,6-7H2,(H,18,19);1-5H. The van der Waals surface area contributed by atoms with Crippen LogP contribution in [-0.2, 0) is 19.1 Å². The van der Waals surface area contributed by atoms with Gasteiger partial charge in [0.15, 0.2) is 0 Å². The van der Waals surface area contributed by atoms with Crippen LogP contribution in [0.2, 0.25) is 5.02 Å². The highest BCUT2D eigenvalue weighted by Crippen LogP contribution is 2.50. The summed E-state index contributed by atoms with van der Waals surface area (Å²) in [6.07, 6.45) is 17.9. The molecule has 0 bridgehead atoms. The Labute approximate surface area is 481 Å². The number of aliphatic carboxylic acids is 2. The van der Waals surface area contributed by atoms with E-state index in [2.05, 4.69) is 89.7 Å². The fraction of sp³-hybridized carbons (Fsp3) is 0.304. The van der Waals surface area contributed by atoms with Gasteiger partial charge in [-0.05, 0) is 143 Å². The molecule has 2 N–H and O–H groups in total. The van der Waals surface area contributed by atoms with Crippen molar-refractivity contribution in [3.63, 3.8) is 0 Å². The number of hydrogen-bond acceptors (Lipinski definition) is 11. The summed E-state index contributed by atoms with van der Waals surface area (Å²) in [7, 11) is 0. The molecule has 8 aromatic rings. The zero-order valence-electron chi connectivity index (χ0n) is 40.2. The highest BCUT2D eigenvalue weighted by Gasteiger charge is 2.45. The summed E-state index contributed by atoms with van der Waals surface area (Å²) in [5.74, 6) is -1.46. The lowest BCUT2D eigenvalue weighted by Crippen LogP contribution is -2.33. The summed E-state index contributed by atoms with van der Waals surface area (Å²) in [6, 6.07) is 31.3. The summed E-state index contributed by atoms with van der Waals surface area (Å²) in [6.45, 7) is 2.30. The summed E-state index contributed by atoms with van der Waals surface area (Å²) in [5.41, 5.74) is 3.67. The van der Waals surface area contributed by atoms with E-state index < -0.39 is 26.2 Å². The van der Waals surface area contributed by atoms with Crippen LogP contribution in [0, 0.1) is 0 Å². The molecule has 0 unspecified atom stereocenters. The number of halogens is 5. The van der Waals surface area contributed by atoms with Gasteiger partial charge in [-0.2, -0.15) is 0 Å². The van der Waals surface area contributed by atoms with Crippen molar-refractivity contribution in [2.45, 2.75) is 113 Å². The maximum Gasteiger partial charge on any atom is 0.322 e. The molecule has 0 atom stereocenters. The maximum atomic E-state index is 12.5. The monoisotopic (exact) mass is 1320 g/mol. The van der Waals surface area contributed by atoms with Crippen LogP contribution in [0.25, 0.3) is 43.6 Å². The second-order valence-electron chi connectivity index (χ2n) is 18.1. The minimum atomic E-state index is -0.694. The molecule has 74 heavy (non-hydrogen) atoms. The Morgan fingerprint density at radius 1 is 0.486 bits per heavy atom. The zero-order valence-corrected chi connectivity index (χ0v) is 49.7. The fourth-order valence-electron chi connectivity index (χ4n) is 9.43.